The Bertz CT molecular complexity index is 372. The van der Waals surface area contributed by atoms with Gasteiger partial charge in [-0.25, -0.2) is 0 Å². The van der Waals surface area contributed by atoms with Crippen LogP contribution in [0.4, 0.5) is 0 Å². The first-order valence-corrected chi connectivity index (χ1v) is 5.10. The monoisotopic (exact) mass is 199 g/mol. The van der Waals surface area contributed by atoms with Crippen LogP contribution < -0.4 is 5.19 Å². The van der Waals surface area contributed by atoms with E-state index < -0.39 is 10.1 Å². The molecule has 0 aliphatic carbocycles. The average molecular weight is 199 g/mol. The van der Waals surface area contributed by atoms with Gasteiger partial charge in [-0.1, -0.05) is 18.2 Å². The zero-order valence-corrected chi connectivity index (χ0v) is 8.26. The lowest BCUT2D eigenvalue weighted by Crippen LogP contribution is -2.16. The Balaban J connectivity index is 3.30. The van der Waals surface area contributed by atoms with E-state index in [0.29, 0.717) is 5.19 Å². The van der Waals surface area contributed by atoms with Gasteiger partial charge in [-0.15, -0.1) is 0 Å². The largest absolute Gasteiger partial charge is 0.296 e. The molecule has 0 fully saturated rings. The molecule has 0 saturated carbocycles. The summed E-state index contributed by atoms with van der Waals surface area (Å²) in [4.78, 5) is 0.143. The van der Waals surface area contributed by atoms with Crippen molar-refractivity contribution in [2.45, 2.75) is 4.90 Å². The van der Waals surface area contributed by atoms with E-state index in [1.165, 1.54) is 6.07 Å². The van der Waals surface area contributed by atoms with Crippen LogP contribution in [0.1, 0.15) is 0 Å². The van der Waals surface area contributed by atoms with Crippen LogP contribution in [0.3, 0.4) is 0 Å². The highest BCUT2D eigenvalue weighted by Gasteiger charge is 2.14. The molecule has 0 aliphatic rings. The molecule has 3 radical (unpaired) electrons. The molecule has 12 heavy (non-hydrogen) atoms. The van der Waals surface area contributed by atoms with Gasteiger partial charge in [0, 0.05) is 0 Å². The molecule has 3 nitrogen and oxygen atoms in total. The highest BCUT2D eigenvalue weighted by molar-refractivity contribution is 7.87. The minimum Gasteiger partial charge on any atom is -0.270 e. The topological polar surface area (TPSA) is 43.4 Å². The summed E-state index contributed by atoms with van der Waals surface area (Å²) >= 11 is 0. The molecule has 1 aromatic rings. The van der Waals surface area contributed by atoms with Crippen molar-refractivity contribution in [2.75, 3.05) is 7.11 Å². The molecule has 0 N–H and O–H groups in total. The van der Waals surface area contributed by atoms with Crippen LogP contribution in [0.25, 0.3) is 0 Å². The Labute approximate surface area is 74.9 Å². The highest BCUT2D eigenvalue weighted by Crippen LogP contribution is 2.06. The molecule has 1 aromatic carbocycles. The number of rotatable bonds is 2. The quantitative estimate of drug-likeness (QED) is 0.490. The standard InChI is InChI=1S/C7H7O3SSi/c1-10-11(8,9)6-4-2-3-5-7(6)12/h2-5H,1H3. The second-order valence-corrected chi connectivity index (χ2v) is 4.34. The summed E-state index contributed by atoms with van der Waals surface area (Å²) in [5, 5.41) is 0.499. The Morgan fingerprint density at radius 2 is 1.92 bits per heavy atom. The van der Waals surface area contributed by atoms with Gasteiger partial charge in [0.15, 0.2) is 0 Å². The van der Waals surface area contributed by atoms with Crippen molar-refractivity contribution in [1.29, 1.82) is 0 Å². The summed E-state index contributed by atoms with van der Waals surface area (Å²) in [7, 11) is 0.720. The van der Waals surface area contributed by atoms with Gasteiger partial charge in [-0.3, -0.25) is 4.18 Å². The van der Waals surface area contributed by atoms with Crippen molar-refractivity contribution < 1.29 is 12.6 Å². The summed E-state index contributed by atoms with van der Waals surface area (Å²) in [6.45, 7) is 0. The van der Waals surface area contributed by atoms with Crippen molar-refractivity contribution in [1.82, 2.24) is 0 Å². The molecular formula is C7H7O3SSi. The Kier molecular flexibility index (Phi) is 2.66. The fourth-order valence-electron chi connectivity index (χ4n) is 0.774. The molecule has 0 saturated heterocycles. The van der Waals surface area contributed by atoms with Gasteiger partial charge in [0.2, 0.25) is 0 Å². The van der Waals surface area contributed by atoms with Crippen LogP contribution in [0, 0.1) is 0 Å². The SMILES string of the molecule is COS(=O)(=O)c1ccccc1[Si]. The molecule has 0 aliphatic heterocycles. The third kappa shape index (κ3) is 1.74. The molecule has 0 bridgehead atoms. The lowest BCUT2D eigenvalue weighted by atomic mass is 10.4. The predicted octanol–water partition coefficient (Wildman–Crippen LogP) is -0.184. The van der Waals surface area contributed by atoms with E-state index in [-0.39, 0.29) is 4.90 Å². The second-order valence-electron chi connectivity index (χ2n) is 2.12. The predicted molar refractivity (Wildman–Crippen MR) is 46.0 cm³/mol. The average Bonchev–Trinajstić information content (AvgIpc) is 2.05. The number of hydrogen-bond acceptors (Lipinski definition) is 3. The first-order chi connectivity index (χ1) is 5.58. The zero-order valence-electron chi connectivity index (χ0n) is 6.44. The summed E-state index contributed by atoms with van der Waals surface area (Å²) in [6, 6.07) is 6.48. The number of benzene rings is 1. The third-order valence-corrected chi connectivity index (χ3v) is 3.33. The maximum atomic E-state index is 11.2. The van der Waals surface area contributed by atoms with Crippen LogP contribution >= 0.6 is 0 Å². The van der Waals surface area contributed by atoms with E-state index in [9.17, 15) is 8.42 Å². The molecule has 0 spiro atoms. The van der Waals surface area contributed by atoms with Gasteiger partial charge in [0.1, 0.15) is 0 Å². The van der Waals surface area contributed by atoms with Crippen LogP contribution in [0.5, 0.6) is 0 Å². The highest BCUT2D eigenvalue weighted by atomic mass is 32.2. The van der Waals surface area contributed by atoms with Gasteiger partial charge < -0.3 is 0 Å². The maximum absolute atomic E-state index is 11.2. The Morgan fingerprint density at radius 1 is 1.33 bits per heavy atom. The van der Waals surface area contributed by atoms with Gasteiger partial charge in [0.25, 0.3) is 10.1 Å². The molecule has 5 heteroatoms. The van der Waals surface area contributed by atoms with Gasteiger partial charge in [0.05, 0.1) is 22.2 Å². The molecular weight excluding hydrogens is 192 g/mol. The zero-order chi connectivity index (χ0) is 9.19. The van der Waals surface area contributed by atoms with E-state index in [2.05, 4.69) is 14.4 Å². The molecule has 0 amide bonds. The third-order valence-electron chi connectivity index (χ3n) is 1.38. The smallest absolute Gasteiger partial charge is 0.270 e. The van der Waals surface area contributed by atoms with Crippen molar-refractivity contribution in [2.24, 2.45) is 0 Å². The van der Waals surface area contributed by atoms with E-state index >= 15 is 0 Å². The fourth-order valence-corrected chi connectivity index (χ4v) is 2.09. The minimum atomic E-state index is -3.58. The van der Waals surface area contributed by atoms with Gasteiger partial charge in [-0.2, -0.15) is 8.42 Å². The van der Waals surface area contributed by atoms with E-state index in [0.717, 1.165) is 7.11 Å². The molecule has 0 aromatic heterocycles. The first kappa shape index (κ1) is 9.44. The van der Waals surface area contributed by atoms with Gasteiger partial charge in [-0.05, 0) is 11.3 Å². The molecule has 0 atom stereocenters. The van der Waals surface area contributed by atoms with E-state index in [4.69, 9.17) is 0 Å². The molecule has 0 heterocycles. The molecule has 0 unspecified atom stereocenters. The van der Waals surface area contributed by atoms with Crippen LogP contribution in [-0.2, 0) is 14.3 Å². The summed E-state index contributed by atoms with van der Waals surface area (Å²) in [6.07, 6.45) is 0. The van der Waals surface area contributed by atoms with Crippen molar-refractivity contribution >= 4 is 25.5 Å². The van der Waals surface area contributed by atoms with Crippen LogP contribution in [0.2, 0.25) is 0 Å². The number of hydrogen-bond donors (Lipinski definition) is 0. The Hall–Kier alpha value is -0.653. The van der Waals surface area contributed by atoms with Crippen LogP contribution in [0.15, 0.2) is 29.2 Å². The van der Waals surface area contributed by atoms with Crippen molar-refractivity contribution in [3.05, 3.63) is 24.3 Å². The van der Waals surface area contributed by atoms with E-state index in [1.54, 1.807) is 18.2 Å². The summed E-state index contributed by atoms with van der Waals surface area (Å²) < 4.78 is 26.7. The second kappa shape index (κ2) is 3.38. The van der Waals surface area contributed by atoms with Crippen LogP contribution in [-0.4, -0.2) is 25.8 Å². The molecule has 63 valence electrons. The fraction of sp³-hybridized carbons (Fsp3) is 0.143. The lowest BCUT2D eigenvalue weighted by Gasteiger charge is -2.03. The summed E-state index contributed by atoms with van der Waals surface area (Å²) in [5.74, 6) is 0. The normalized spacial score (nSPS) is 11.5. The molecule has 1 rings (SSSR count). The van der Waals surface area contributed by atoms with Crippen molar-refractivity contribution in [3.8, 4) is 0 Å². The first-order valence-electron chi connectivity index (χ1n) is 3.19. The van der Waals surface area contributed by atoms with E-state index in [1.807, 2.05) is 0 Å². The van der Waals surface area contributed by atoms with Gasteiger partial charge >= 0.3 is 0 Å². The minimum absolute atomic E-state index is 0.143. The maximum Gasteiger partial charge on any atom is 0.296 e. The van der Waals surface area contributed by atoms with Crippen molar-refractivity contribution in [3.63, 3.8) is 0 Å². The Morgan fingerprint density at radius 3 is 2.42 bits per heavy atom. The summed E-state index contributed by atoms with van der Waals surface area (Å²) in [5.41, 5.74) is 0. The lowest BCUT2D eigenvalue weighted by molar-refractivity contribution is 0.398.